The maximum atomic E-state index is 5.17. The number of nitrogens with zero attached hydrogens (tertiary/aromatic N) is 6. The summed E-state index contributed by atoms with van der Waals surface area (Å²) in [7, 11) is 0. The molecule has 0 aliphatic heterocycles. The predicted octanol–water partition coefficient (Wildman–Crippen LogP) is 21.4. The molecule has 15 rings (SSSR count). The van der Waals surface area contributed by atoms with Gasteiger partial charge in [0.15, 0.2) is 34.9 Å². The fraction of sp³-hybridized carbons (Fsp3) is 0. The number of benzene rings is 13. The first-order valence-corrected chi connectivity index (χ1v) is 30.2. The highest BCUT2D eigenvalue weighted by atomic mass is 15.0. The van der Waals surface area contributed by atoms with Crippen molar-refractivity contribution in [3.63, 3.8) is 0 Å². The van der Waals surface area contributed by atoms with Crippen molar-refractivity contribution in [1.29, 1.82) is 0 Å². The van der Waals surface area contributed by atoms with Gasteiger partial charge in [-0.2, -0.15) is 0 Å². The summed E-state index contributed by atoms with van der Waals surface area (Å²) >= 11 is 0. The average molecular weight is 1150 g/mol. The van der Waals surface area contributed by atoms with Gasteiger partial charge in [-0.15, -0.1) is 0 Å². The Labute approximate surface area is 524 Å². The standard InChI is InChI=1S/C84H56N6/c1-5-18-57(19-6-1)61-36-44-65(45-37-61)79-85-80(66-46-38-62(39-47-66)58-20-7-2-8-21-58)88-83(87-79)77-34-16-32-75(55-77)73-30-14-28-71(53-73)69-26-13-27-70(52-69)72-29-15-31-74(54-72)76-33-17-35-78(56-76)84-89-81(67-48-40-63(41-49-67)59-22-9-3-10-23-59)86-82(90-84)68-50-42-64(43-51-68)60-24-11-4-12-25-60/h1-56H. The Hall–Kier alpha value is -12.1. The van der Waals surface area contributed by atoms with Gasteiger partial charge in [0.2, 0.25) is 0 Å². The maximum Gasteiger partial charge on any atom is 0.164 e. The normalized spacial score (nSPS) is 11.1. The van der Waals surface area contributed by atoms with E-state index in [0.29, 0.717) is 34.9 Å². The highest BCUT2D eigenvalue weighted by Crippen LogP contribution is 2.37. The zero-order valence-electron chi connectivity index (χ0n) is 49.0. The Kier molecular flexibility index (Phi) is 15.0. The van der Waals surface area contributed by atoms with E-state index in [1.165, 1.54) is 0 Å². The summed E-state index contributed by atoms with van der Waals surface area (Å²) < 4.78 is 0. The molecule has 0 N–H and O–H groups in total. The molecule has 0 unspecified atom stereocenters. The van der Waals surface area contributed by atoms with Gasteiger partial charge < -0.3 is 0 Å². The minimum Gasteiger partial charge on any atom is -0.208 e. The average Bonchev–Trinajstić information content (AvgIpc) is 3.80. The molecule has 6 heteroatoms. The quantitative estimate of drug-likeness (QED) is 0.108. The van der Waals surface area contributed by atoms with Gasteiger partial charge in [0.05, 0.1) is 0 Å². The molecule has 2 aromatic heterocycles. The molecule has 90 heavy (non-hydrogen) atoms. The molecule has 422 valence electrons. The number of hydrogen-bond acceptors (Lipinski definition) is 6. The highest BCUT2D eigenvalue weighted by Gasteiger charge is 2.17. The third kappa shape index (κ3) is 11.8. The van der Waals surface area contributed by atoms with Crippen molar-refractivity contribution in [2.45, 2.75) is 0 Å². The molecule has 0 radical (unpaired) electrons. The molecule has 0 aliphatic carbocycles. The summed E-state index contributed by atoms with van der Waals surface area (Å²) in [5, 5.41) is 0. The molecular weight excluding hydrogens is 1090 g/mol. The lowest BCUT2D eigenvalue weighted by Gasteiger charge is -2.12. The van der Waals surface area contributed by atoms with Crippen molar-refractivity contribution < 1.29 is 0 Å². The first-order valence-electron chi connectivity index (χ1n) is 30.2. The van der Waals surface area contributed by atoms with Gasteiger partial charge in [0.25, 0.3) is 0 Å². The van der Waals surface area contributed by atoms with Gasteiger partial charge in [-0.05, 0) is 119 Å². The molecule has 0 fully saturated rings. The summed E-state index contributed by atoms with van der Waals surface area (Å²) in [5.74, 6) is 3.65. The van der Waals surface area contributed by atoms with E-state index in [1.807, 2.05) is 24.3 Å². The second-order valence-corrected chi connectivity index (χ2v) is 22.3. The molecule has 0 spiro atoms. The van der Waals surface area contributed by atoms with Crippen LogP contribution in [0.15, 0.2) is 340 Å². The van der Waals surface area contributed by atoms with Gasteiger partial charge >= 0.3 is 0 Å². The molecular formula is C84H56N6. The molecule has 6 nitrogen and oxygen atoms in total. The molecule has 0 saturated heterocycles. The molecule has 0 bridgehead atoms. The van der Waals surface area contributed by atoms with E-state index in [0.717, 1.165) is 122 Å². The van der Waals surface area contributed by atoms with Gasteiger partial charge in [0.1, 0.15) is 0 Å². The van der Waals surface area contributed by atoms with Crippen molar-refractivity contribution in [3.05, 3.63) is 340 Å². The van der Waals surface area contributed by atoms with Crippen LogP contribution in [0.5, 0.6) is 0 Å². The summed E-state index contributed by atoms with van der Waals surface area (Å²) in [6.07, 6.45) is 0. The molecule has 0 amide bonds. The second kappa shape index (κ2) is 24.7. The minimum atomic E-state index is 0.602. The SMILES string of the molecule is c1ccc(-c2ccc(-c3nc(-c4ccc(-c5ccccc5)cc4)nc(-c4cccc(-c5cccc(-c6cccc(-c7cccc(-c8cccc(-c9nc(-c%10ccc(-c%11ccccc%11)cc%10)nc(-c%10ccc(-c%11ccccc%11)cc%10)n9)c8)c7)c6)c5)c4)n3)cc2)cc1. The fourth-order valence-corrected chi connectivity index (χ4v) is 11.6. The van der Waals surface area contributed by atoms with Crippen LogP contribution in [0.1, 0.15) is 0 Å². The van der Waals surface area contributed by atoms with Gasteiger partial charge in [-0.1, -0.05) is 309 Å². The highest BCUT2D eigenvalue weighted by molar-refractivity contribution is 5.82. The largest absolute Gasteiger partial charge is 0.208 e. The Morgan fingerprint density at radius 2 is 0.233 bits per heavy atom. The fourth-order valence-electron chi connectivity index (χ4n) is 11.6. The Balaban J connectivity index is 0.719. The summed E-state index contributed by atoms with van der Waals surface area (Å²) in [6, 6.07) is 119. The lowest BCUT2D eigenvalue weighted by molar-refractivity contribution is 1.07. The smallest absolute Gasteiger partial charge is 0.164 e. The van der Waals surface area contributed by atoms with Crippen molar-refractivity contribution in [3.8, 4) is 157 Å². The summed E-state index contributed by atoms with van der Waals surface area (Å²) in [4.78, 5) is 30.9. The van der Waals surface area contributed by atoms with E-state index < -0.39 is 0 Å². The number of rotatable bonds is 14. The Morgan fingerprint density at radius 1 is 0.100 bits per heavy atom. The zero-order valence-corrected chi connectivity index (χ0v) is 49.0. The topological polar surface area (TPSA) is 77.3 Å². The summed E-state index contributed by atoms with van der Waals surface area (Å²) in [5.41, 5.74) is 23.3. The van der Waals surface area contributed by atoms with Crippen molar-refractivity contribution in [2.75, 3.05) is 0 Å². The summed E-state index contributed by atoms with van der Waals surface area (Å²) in [6.45, 7) is 0. The van der Waals surface area contributed by atoms with Crippen LogP contribution in [-0.4, -0.2) is 29.9 Å². The van der Waals surface area contributed by atoms with Crippen LogP contribution < -0.4 is 0 Å². The van der Waals surface area contributed by atoms with E-state index in [9.17, 15) is 0 Å². The predicted molar refractivity (Wildman–Crippen MR) is 369 cm³/mol. The van der Waals surface area contributed by atoms with E-state index >= 15 is 0 Å². The molecule has 13 aromatic carbocycles. The van der Waals surface area contributed by atoms with Gasteiger partial charge in [-0.25, -0.2) is 29.9 Å². The van der Waals surface area contributed by atoms with Crippen LogP contribution in [0.4, 0.5) is 0 Å². The Bertz CT molecular complexity index is 4480. The van der Waals surface area contributed by atoms with Crippen LogP contribution in [0.3, 0.4) is 0 Å². The molecule has 0 aliphatic rings. The number of aromatic nitrogens is 6. The van der Waals surface area contributed by atoms with Crippen LogP contribution in [0.2, 0.25) is 0 Å². The zero-order chi connectivity index (χ0) is 60.0. The molecule has 0 atom stereocenters. The minimum absolute atomic E-state index is 0.602. The third-order valence-electron chi connectivity index (χ3n) is 16.4. The van der Waals surface area contributed by atoms with Crippen molar-refractivity contribution in [1.82, 2.24) is 29.9 Å². The molecule has 2 heterocycles. The van der Waals surface area contributed by atoms with Gasteiger partial charge in [-0.3, -0.25) is 0 Å². The molecule has 15 aromatic rings. The first-order chi connectivity index (χ1) is 44.5. The van der Waals surface area contributed by atoms with Crippen LogP contribution in [0.25, 0.3) is 157 Å². The van der Waals surface area contributed by atoms with E-state index in [-0.39, 0.29) is 0 Å². The van der Waals surface area contributed by atoms with Crippen LogP contribution >= 0.6 is 0 Å². The van der Waals surface area contributed by atoms with Crippen molar-refractivity contribution >= 4 is 0 Å². The van der Waals surface area contributed by atoms with Crippen LogP contribution in [-0.2, 0) is 0 Å². The maximum absolute atomic E-state index is 5.17. The first kappa shape index (κ1) is 54.5. The Morgan fingerprint density at radius 3 is 0.433 bits per heavy atom. The second-order valence-electron chi connectivity index (χ2n) is 22.3. The lowest BCUT2D eigenvalue weighted by atomic mass is 9.94. The third-order valence-corrected chi connectivity index (χ3v) is 16.4. The molecule has 0 saturated carbocycles. The van der Waals surface area contributed by atoms with E-state index in [4.69, 9.17) is 29.9 Å². The lowest BCUT2D eigenvalue weighted by Crippen LogP contribution is -2.00. The van der Waals surface area contributed by atoms with Gasteiger partial charge in [0, 0.05) is 33.4 Å². The van der Waals surface area contributed by atoms with Crippen LogP contribution in [0, 0.1) is 0 Å². The number of hydrogen-bond donors (Lipinski definition) is 0. The van der Waals surface area contributed by atoms with Crippen molar-refractivity contribution in [2.24, 2.45) is 0 Å². The van der Waals surface area contributed by atoms with E-state index in [2.05, 4.69) is 315 Å². The monoisotopic (exact) mass is 1150 g/mol. The van der Waals surface area contributed by atoms with E-state index in [1.54, 1.807) is 0 Å².